The van der Waals surface area contributed by atoms with E-state index in [2.05, 4.69) is 5.16 Å². The standard InChI is InChI=1S/C15H17F2NO4/c1-8(2)21-14(20)15(9(3)19)7-13(18-22-15)10-4-11(16)6-12(17)5-10/h4-6,8-9,19H,7H2,1-3H3. The van der Waals surface area contributed by atoms with Crippen LogP contribution in [0.3, 0.4) is 0 Å². The molecule has 1 aromatic rings. The van der Waals surface area contributed by atoms with Gasteiger partial charge in [-0.1, -0.05) is 5.16 Å². The zero-order valence-corrected chi connectivity index (χ0v) is 12.5. The summed E-state index contributed by atoms with van der Waals surface area (Å²) >= 11 is 0. The van der Waals surface area contributed by atoms with Crippen LogP contribution in [-0.2, 0) is 14.4 Å². The van der Waals surface area contributed by atoms with E-state index in [9.17, 15) is 18.7 Å². The maximum Gasteiger partial charge on any atom is 0.356 e. The maximum atomic E-state index is 13.3. The molecule has 2 rings (SSSR count). The number of nitrogens with zero attached hydrogens (tertiary/aromatic N) is 1. The summed E-state index contributed by atoms with van der Waals surface area (Å²) in [5, 5.41) is 13.6. The van der Waals surface area contributed by atoms with Crippen LogP contribution < -0.4 is 0 Å². The molecule has 1 aliphatic rings. The molecule has 1 aromatic carbocycles. The fourth-order valence-electron chi connectivity index (χ4n) is 2.14. The smallest absolute Gasteiger partial charge is 0.356 e. The fourth-order valence-corrected chi connectivity index (χ4v) is 2.14. The van der Waals surface area contributed by atoms with Gasteiger partial charge in [-0.2, -0.15) is 0 Å². The number of esters is 1. The van der Waals surface area contributed by atoms with Crippen LogP contribution in [0.2, 0.25) is 0 Å². The van der Waals surface area contributed by atoms with Gasteiger partial charge in [0.25, 0.3) is 5.60 Å². The van der Waals surface area contributed by atoms with Gasteiger partial charge < -0.3 is 14.7 Å². The van der Waals surface area contributed by atoms with Gasteiger partial charge in [0.2, 0.25) is 0 Å². The SMILES string of the molecule is CC(C)OC(=O)C1(C(C)O)CC(c2cc(F)cc(F)c2)=NO1. The summed E-state index contributed by atoms with van der Waals surface area (Å²) in [6.07, 6.45) is -1.75. The van der Waals surface area contributed by atoms with Crippen LogP contribution in [0.25, 0.3) is 0 Å². The lowest BCUT2D eigenvalue weighted by Gasteiger charge is -2.27. The Bertz CT molecular complexity index is 595. The van der Waals surface area contributed by atoms with E-state index in [1.165, 1.54) is 6.92 Å². The van der Waals surface area contributed by atoms with Gasteiger partial charge >= 0.3 is 5.97 Å². The monoisotopic (exact) mass is 313 g/mol. The molecule has 0 fully saturated rings. The molecule has 2 unspecified atom stereocenters. The molecule has 1 N–H and O–H groups in total. The molecule has 0 amide bonds. The van der Waals surface area contributed by atoms with Gasteiger partial charge in [0, 0.05) is 11.6 Å². The third kappa shape index (κ3) is 3.09. The van der Waals surface area contributed by atoms with Crippen LogP contribution in [0, 0.1) is 11.6 Å². The second-order valence-corrected chi connectivity index (χ2v) is 5.48. The first-order valence-electron chi connectivity index (χ1n) is 6.85. The van der Waals surface area contributed by atoms with Crippen LogP contribution in [0.1, 0.15) is 32.8 Å². The average Bonchev–Trinajstić information content (AvgIpc) is 2.83. The molecule has 22 heavy (non-hydrogen) atoms. The van der Waals surface area contributed by atoms with E-state index in [1.54, 1.807) is 13.8 Å². The molecule has 0 aromatic heterocycles. The number of rotatable bonds is 4. The predicted octanol–water partition coefficient (Wildman–Crippen LogP) is 2.16. The van der Waals surface area contributed by atoms with Gasteiger partial charge in [-0.25, -0.2) is 13.6 Å². The van der Waals surface area contributed by atoms with Crippen molar-refractivity contribution in [2.45, 2.75) is 45.0 Å². The lowest BCUT2D eigenvalue weighted by molar-refractivity contribution is -0.186. The molecular weight excluding hydrogens is 296 g/mol. The van der Waals surface area contributed by atoms with Crippen molar-refractivity contribution in [1.82, 2.24) is 0 Å². The molecule has 2 atom stereocenters. The molecule has 0 saturated carbocycles. The number of carbonyl (C=O) groups is 1. The summed E-state index contributed by atoms with van der Waals surface area (Å²) in [5.74, 6) is -2.30. The van der Waals surface area contributed by atoms with E-state index < -0.39 is 35.4 Å². The van der Waals surface area contributed by atoms with Crippen LogP contribution in [0.15, 0.2) is 23.4 Å². The number of benzene rings is 1. The van der Waals surface area contributed by atoms with Crippen molar-refractivity contribution < 1.29 is 28.3 Å². The Kier molecular flexibility index (Phi) is 4.46. The first-order valence-corrected chi connectivity index (χ1v) is 6.85. The normalized spacial score (nSPS) is 22.2. The van der Waals surface area contributed by atoms with Crippen molar-refractivity contribution in [1.29, 1.82) is 0 Å². The van der Waals surface area contributed by atoms with Crippen molar-refractivity contribution in [2.75, 3.05) is 0 Å². The fraction of sp³-hybridized carbons (Fsp3) is 0.467. The van der Waals surface area contributed by atoms with Gasteiger partial charge in [0.1, 0.15) is 17.7 Å². The molecule has 0 aliphatic carbocycles. The lowest BCUT2D eigenvalue weighted by atomic mass is 9.89. The second-order valence-electron chi connectivity index (χ2n) is 5.48. The van der Waals surface area contributed by atoms with E-state index >= 15 is 0 Å². The Morgan fingerprint density at radius 3 is 2.41 bits per heavy atom. The number of aliphatic hydroxyl groups is 1. The molecule has 0 saturated heterocycles. The molecule has 0 bridgehead atoms. The highest BCUT2D eigenvalue weighted by atomic mass is 19.1. The minimum atomic E-state index is -1.71. The highest BCUT2D eigenvalue weighted by Gasteiger charge is 2.52. The summed E-state index contributed by atoms with van der Waals surface area (Å²) in [5.41, 5.74) is -1.39. The van der Waals surface area contributed by atoms with Crippen LogP contribution >= 0.6 is 0 Å². The van der Waals surface area contributed by atoms with E-state index in [4.69, 9.17) is 9.57 Å². The Morgan fingerprint density at radius 1 is 1.32 bits per heavy atom. The molecule has 1 heterocycles. The van der Waals surface area contributed by atoms with E-state index in [-0.39, 0.29) is 17.7 Å². The molecule has 5 nitrogen and oxygen atoms in total. The molecule has 120 valence electrons. The molecular formula is C15H17F2NO4. The lowest BCUT2D eigenvalue weighted by Crippen LogP contribution is -2.50. The van der Waals surface area contributed by atoms with Crippen molar-refractivity contribution in [2.24, 2.45) is 5.16 Å². The first-order chi connectivity index (χ1) is 10.2. The van der Waals surface area contributed by atoms with E-state index in [1.807, 2.05) is 0 Å². The van der Waals surface area contributed by atoms with Crippen molar-refractivity contribution >= 4 is 11.7 Å². The van der Waals surface area contributed by atoms with Crippen LogP contribution in [0.4, 0.5) is 8.78 Å². The predicted molar refractivity (Wildman–Crippen MR) is 74.2 cm³/mol. The Labute approximate surface area is 126 Å². The van der Waals surface area contributed by atoms with Gasteiger partial charge in [0.15, 0.2) is 0 Å². The number of hydrogen-bond acceptors (Lipinski definition) is 5. The zero-order valence-electron chi connectivity index (χ0n) is 12.5. The van der Waals surface area contributed by atoms with Crippen LogP contribution in [-0.4, -0.2) is 34.6 Å². The highest BCUT2D eigenvalue weighted by Crippen LogP contribution is 2.32. The first kappa shape index (κ1) is 16.4. The maximum absolute atomic E-state index is 13.3. The largest absolute Gasteiger partial charge is 0.460 e. The van der Waals surface area contributed by atoms with Crippen molar-refractivity contribution in [3.63, 3.8) is 0 Å². The van der Waals surface area contributed by atoms with Crippen LogP contribution in [0.5, 0.6) is 0 Å². The zero-order chi connectivity index (χ0) is 16.5. The molecule has 1 aliphatic heterocycles. The van der Waals surface area contributed by atoms with Gasteiger partial charge in [-0.3, -0.25) is 0 Å². The third-order valence-electron chi connectivity index (χ3n) is 3.31. The molecule has 0 spiro atoms. The van der Waals surface area contributed by atoms with Crippen molar-refractivity contribution in [3.05, 3.63) is 35.4 Å². The van der Waals surface area contributed by atoms with Crippen molar-refractivity contribution in [3.8, 4) is 0 Å². The Balaban J connectivity index is 2.28. The Hall–Kier alpha value is -2.02. The summed E-state index contributed by atoms with van der Waals surface area (Å²) in [7, 11) is 0. The number of hydrogen-bond donors (Lipinski definition) is 1. The van der Waals surface area contributed by atoms with Gasteiger partial charge in [-0.05, 0) is 32.9 Å². The number of aliphatic hydroxyl groups excluding tert-OH is 1. The highest BCUT2D eigenvalue weighted by molar-refractivity contribution is 6.05. The number of ether oxygens (including phenoxy) is 1. The minimum absolute atomic E-state index is 0.140. The Morgan fingerprint density at radius 2 is 1.91 bits per heavy atom. The average molecular weight is 313 g/mol. The molecule has 7 heteroatoms. The number of halogens is 2. The number of oxime groups is 1. The summed E-state index contributed by atoms with van der Waals surface area (Å²) in [6, 6.07) is 2.89. The topological polar surface area (TPSA) is 68.1 Å². The van der Waals surface area contributed by atoms with Gasteiger partial charge in [-0.15, -0.1) is 0 Å². The van der Waals surface area contributed by atoms with Gasteiger partial charge in [0.05, 0.1) is 18.2 Å². The summed E-state index contributed by atoms with van der Waals surface area (Å²) in [4.78, 5) is 17.3. The second kappa shape index (κ2) is 6.00. The number of carbonyl (C=O) groups excluding carboxylic acids is 1. The van der Waals surface area contributed by atoms with E-state index in [0.717, 1.165) is 18.2 Å². The minimum Gasteiger partial charge on any atom is -0.460 e. The molecule has 0 radical (unpaired) electrons. The quantitative estimate of drug-likeness (QED) is 0.865. The van der Waals surface area contributed by atoms with E-state index in [0.29, 0.717) is 0 Å². The summed E-state index contributed by atoms with van der Waals surface area (Å²) < 4.78 is 31.7. The summed E-state index contributed by atoms with van der Waals surface area (Å²) in [6.45, 7) is 4.69. The third-order valence-corrected chi connectivity index (χ3v) is 3.31.